The van der Waals surface area contributed by atoms with Gasteiger partial charge in [-0.3, -0.25) is 4.40 Å². The molecule has 0 amide bonds. The summed E-state index contributed by atoms with van der Waals surface area (Å²) in [7, 11) is 0. The van der Waals surface area contributed by atoms with Gasteiger partial charge in [0.15, 0.2) is 5.15 Å². The topological polar surface area (TPSA) is 37.5 Å². The van der Waals surface area contributed by atoms with Crippen molar-refractivity contribution in [2.75, 3.05) is 0 Å². The largest absolute Gasteiger partial charge is 0.508 e. The van der Waals surface area contributed by atoms with Crippen molar-refractivity contribution in [2.45, 2.75) is 0 Å². The molecule has 1 aromatic carbocycles. The number of rotatable bonds is 1. The fraction of sp³-hybridized carbons (Fsp3) is 0. The second-order valence-corrected chi connectivity index (χ2v) is 4.61. The van der Waals surface area contributed by atoms with Crippen LogP contribution in [0.3, 0.4) is 0 Å². The molecule has 0 fully saturated rings. The van der Waals surface area contributed by atoms with Crippen LogP contribution in [0.15, 0.2) is 42.6 Å². The van der Waals surface area contributed by atoms with Crippen molar-refractivity contribution >= 4 is 28.7 Å². The van der Waals surface area contributed by atoms with E-state index in [0.29, 0.717) is 21.5 Å². The summed E-state index contributed by atoms with van der Waals surface area (Å²) in [5, 5.41) is 10.4. The SMILES string of the molecule is Oc1ccn2c(-c3ccccc3Cl)nc(Cl)c2c1. The molecule has 0 unspecified atom stereocenters. The van der Waals surface area contributed by atoms with Crippen LogP contribution >= 0.6 is 23.2 Å². The zero-order valence-corrected chi connectivity index (χ0v) is 10.7. The zero-order chi connectivity index (χ0) is 12.7. The first kappa shape index (κ1) is 11.4. The third kappa shape index (κ3) is 1.72. The van der Waals surface area contributed by atoms with Crippen molar-refractivity contribution in [1.82, 2.24) is 9.38 Å². The minimum atomic E-state index is 0.148. The molecule has 1 N–H and O–H groups in total. The van der Waals surface area contributed by atoms with Gasteiger partial charge in [0.25, 0.3) is 0 Å². The Morgan fingerprint density at radius 3 is 2.67 bits per heavy atom. The smallest absolute Gasteiger partial charge is 0.155 e. The second kappa shape index (κ2) is 4.19. The van der Waals surface area contributed by atoms with Gasteiger partial charge in [-0.25, -0.2) is 4.98 Å². The summed E-state index contributed by atoms with van der Waals surface area (Å²) in [4.78, 5) is 4.29. The van der Waals surface area contributed by atoms with Crippen molar-refractivity contribution < 1.29 is 5.11 Å². The van der Waals surface area contributed by atoms with Crippen molar-refractivity contribution in [2.24, 2.45) is 0 Å². The lowest BCUT2D eigenvalue weighted by molar-refractivity contribution is 0.475. The molecule has 0 aliphatic heterocycles. The molecule has 90 valence electrons. The maximum atomic E-state index is 9.46. The third-order valence-electron chi connectivity index (χ3n) is 2.70. The van der Waals surface area contributed by atoms with Crippen LogP contribution in [-0.2, 0) is 0 Å². The van der Waals surface area contributed by atoms with E-state index in [-0.39, 0.29) is 5.75 Å². The van der Waals surface area contributed by atoms with E-state index in [0.717, 1.165) is 5.56 Å². The van der Waals surface area contributed by atoms with Crippen molar-refractivity contribution in [3.8, 4) is 17.1 Å². The fourth-order valence-corrected chi connectivity index (χ4v) is 2.32. The number of aromatic nitrogens is 2. The molecule has 0 saturated heterocycles. The lowest BCUT2D eigenvalue weighted by atomic mass is 10.2. The molecule has 0 aliphatic rings. The van der Waals surface area contributed by atoms with E-state index in [1.54, 1.807) is 28.8 Å². The summed E-state index contributed by atoms with van der Waals surface area (Å²) in [5.41, 5.74) is 1.44. The van der Waals surface area contributed by atoms with E-state index in [4.69, 9.17) is 23.2 Å². The predicted molar refractivity (Wildman–Crippen MR) is 72.3 cm³/mol. The number of fused-ring (bicyclic) bond motifs is 1. The van der Waals surface area contributed by atoms with E-state index in [1.807, 2.05) is 18.2 Å². The van der Waals surface area contributed by atoms with Crippen LogP contribution in [0, 0.1) is 0 Å². The highest BCUT2D eigenvalue weighted by Gasteiger charge is 2.13. The van der Waals surface area contributed by atoms with Gasteiger partial charge in [0.1, 0.15) is 11.6 Å². The monoisotopic (exact) mass is 278 g/mol. The van der Waals surface area contributed by atoms with Crippen molar-refractivity contribution in [3.63, 3.8) is 0 Å². The van der Waals surface area contributed by atoms with Gasteiger partial charge in [-0.1, -0.05) is 35.3 Å². The Labute approximate surface area is 113 Å². The van der Waals surface area contributed by atoms with Gasteiger partial charge < -0.3 is 5.11 Å². The third-order valence-corrected chi connectivity index (χ3v) is 3.30. The van der Waals surface area contributed by atoms with Crippen LogP contribution < -0.4 is 0 Å². The van der Waals surface area contributed by atoms with Gasteiger partial charge in [0, 0.05) is 17.8 Å². The number of aromatic hydroxyl groups is 1. The summed E-state index contributed by atoms with van der Waals surface area (Å²) in [6.07, 6.45) is 1.71. The van der Waals surface area contributed by atoms with Gasteiger partial charge in [-0.05, 0) is 18.2 Å². The Kier molecular flexibility index (Phi) is 2.65. The van der Waals surface area contributed by atoms with Crippen LogP contribution in [0.1, 0.15) is 0 Å². The Hall–Kier alpha value is -1.71. The first-order valence-corrected chi connectivity index (χ1v) is 6.04. The standard InChI is InChI=1S/C13H8Cl2N2O/c14-10-4-2-1-3-9(10)13-16-12(15)11-7-8(18)5-6-17(11)13/h1-7,18H. The van der Waals surface area contributed by atoms with E-state index in [1.165, 1.54) is 0 Å². The van der Waals surface area contributed by atoms with Gasteiger partial charge in [-0.15, -0.1) is 0 Å². The second-order valence-electron chi connectivity index (χ2n) is 3.85. The van der Waals surface area contributed by atoms with Crippen molar-refractivity contribution in [3.05, 3.63) is 52.8 Å². The lowest BCUT2D eigenvalue weighted by Gasteiger charge is -2.03. The highest BCUT2D eigenvalue weighted by Crippen LogP contribution is 2.31. The number of benzene rings is 1. The molecule has 3 rings (SSSR count). The molecule has 0 atom stereocenters. The first-order valence-electron chi connectivity index (χ1n) is 5.28. The summed E-state index contributed by atoms with van der Waals surface area (Å²) in [5.74, 6) is 0.801. The average molecular weight is 279 g/mol. The Balaban J connectivity index is 2.34. The maximum Gasteiger partial charge on any atom is 0.155 e. The van der Waals surface area contributed by atoms with Gasteiger partial charge in [0.2, 0.25) is 0 Å². The van der Waals surface area contributed by atoms with Crippen molar-refractivity contribution in [1.29, 1.82) is 0 Å². The van der Waals surface area contributed by atoms with Crippen LogP contribution in [0.4, 0.5) is 0 Å². The predicted octanol–water partition coefficient (Wildman–Crippen LogP) is 4.01. The molecule has 5 heteroatoms. The summed E-state index contributed by atoms with van der Waals surface area (Å²) in [6.45, 7) is 0. The Morgan fingerprint density at radius 1 is 1.11 bits per heavy atom. The molecule has 0 saturated carbocycles. The summed E-state index contributed by atoms with van der Waals surface area (Å²) >= 11 is 12.2. The molecule has 3 aromatic rings. The molecule has 0 radical (unpaired) electrons. The molecule has 18 heavy (non-hydrogen) atoms. The first-order chi connectivity index (χ1) is 8.66. The average Bonchev–Trinajstić information content (AvgIpc) is 2.67. The minimum absolute atomic E-state index is 0.148. The summed E-state index contributed by atoms with van der Waals surface area (Å²) < 4.78 is 1.79. The molecule has 0 bridgehead atoms. The van der Waals surface area contributed by atoms with E-state index >= 15 is 0 Å². The normalized spacial score (nSPS) is 11.0. The van der Waals surface area contributed by atoms with Crippen LogP contribution in [0.2, 0.25) is 10.2 Å². The maximum absolute atomic E-state index is 9.46. The molecular weight excluding hydrogens is 271 g/mol. The van der Waals surface area contributed by atoms with Gasteiger partial charge >= 0.3 is 0 Å². The molecule has 3 nitrogen and oxygen atoms in total. The highest BCUT2D eigenvalue weighted by atomic mass is 35.5. The number of halogens is 2. The van der Waals surface area contributed by atoms with Crippen LogP contribution in [0.25, 0.3) is 16.9 Å². The number of hydrogen-bond donors (Lipinski definition) is 1. The number of pyridine rings is 1. The molecule has 0 spiro atoms. The fourth-order valence-electron chi connectivity index (χ4n) is 1.87. The number of imidazole rings is 1. The molecule has 2 heterocycles. The van der Waals surface area contributed by atoms with Crippen LogP contribution in [0.5, 0.6) is 5.75 Å². The number of nitrogens with zero attached hydrogens (tertiary/aromatic N) is 2. The van der Waals surface area contributed by atoms with E-state index in [9.17, 15) is 5.11 Å². The number of hydrogen-bond acceptors (Lipinski definition) is 2. The lowest BCUT2D eigenvalue weighted by Crippen LogP contribution is -1.89. The van der Waals surface area contributed by atoms with Crippen LogP contribution in [-0.4, -0.2) is 14.5 Å². The molecule has 2 aromatic heterocycles. The minimum Gasteiger partial charge on any atom is -0.508 e. The quantitative estimate of drug-likeness (QED) is 0.730. The molecule has 0 aliphatic carbocycles. The Bertz CT molecular complexity index is 737. The van der Waals surface area contributed by atoms with E-state index < -0.39 is 0 Å². The molecular formula is C13H8Cl2N2O. The summed E-state index contributed by atoms with van der Waals surface area (Å²) in [6, 6.07) is 10.6. The van der Waals surface area contributed by atoms with Gasteiger partial charge in [0.05, 0.1) is 10.5 Å². The zero-order valence-electron chi connectivity index (χ0n) is 9.14. The van der Waals surface area contributed by atoms with Gasteiger partial charge in [-0.2, -0.15) is 0 Å². The Morgan fingerprint density at radius 2 is 1.89 bits per heavy atom. The van der Waals surface area contributed by atoms with E-state index in [2.05, 4.69) is 4.98 Å². The highest BCUT2D eigenvalue weighted by molar-refractivity contribution is 6.34.